The number of piperidine rings is 1. The molecule has 0 spiro atoms. The van der Waals surface area contributed by atoms with Crippen LogP contribution in [0.3, 0.4) is 0 Å². The third-order valence-corrected chi connectivity index (χ3v) is 6.96. The number of alkyl halides is 3. The number of fused-ring (bicyclic) bond motifs is 1. The molecule has 3 heterocycles. The van der Waals surface area contributed by atoms with Crippen molar-refractivity contribution in [2.24, 2.45) is 13.0 Å². The highest BCUT2D eigenvalue weighted by Gasteiger charge is 2.31. The molecule has 0 bridgehead atoms. The molecule has 1 aromatic carbocycles. The van der Waals surface area contributed by atoms with Crippen molar-refractivity contribution in [2.75, 3.05) is 29.9 Å². The fourth-order valence-corrected chi connectivity index (χ4v) is 5.26. The van der Waals surface area contributed by atoms with Gasteiger partial charge in [-0.3, -0.25) is 4.79 Å². The topological polar surface area (TPSA) is 83.2 Å². The number of nitrogens with one attached hydrogen (secondary N) is 1. The van der Waals surface area contributed by atoms with E-state index in [2.05, 4.69) is 26.0 Å². The van der Waals surface area contributed by atoms with E-state index in [0.717, 1.165) is 35.6 Å². The van der Waals surface area contributed by atoms with E-state index < -0.39 is 6.36 Å². The summed E-state index contributed by atoms with van der Waals surface area (Å²) in [6, 6.07) is 7.75. The molecular weight excluding hydrogens is 467 g/mol. The van der Waals surface area contributed by atoms with Crippen LogP contribution in [0.25, 0.3) is 10.3 Å². The van der Waals surface area contributed by atoms with Gasteiger partial charge in [0, 0.05) is 32.4 Å². The number of anilines is 2. The molecule has 1 fully saturated rings. The van der Waals surface area contributed by atoms with E-state index in [-0.39, 0.29) is 16.9 Å². The van der Waals surface area contributed by atoms with Crippen molar-refractivity contribution in [3.8, 4) is 11.8 Å². The Morgan fingerprint density at radius 2 is 2.06 bits per heavy atom. The monoisotopic (exact) mass is 491 g/mol. The van der Waals surface area contributed by atoms with Gasteiger partial charge < -0.3 is 19.5 Å². The summed E-state index contributed by atoms with van der Waals surface area (Å²) in [5.74, 6) is 0.0753. The average molecular weight is 492 g/mol. The average Bonchev–Trinajstić information content (AvgIpc) is 3.18. The van der Waals surface area contributed by atoms with Gasteiger partial charge in [-0.1, -0.05) is 0 Å². The Hall–Kier alpha value is -3.26. The third-order valence-electron chi connectivity index (χ3n) is 5.92. The Labute approximate surface area is 198 Å². The van der Waals surface area contributed by atoms with Crippen LogP contribution in [0, 0.1) is 24.2 Å². The highest BCUT2D eigenvalue weighted by molar-refractivity contribution is 7.18. The molecule has 0 saturated carbocycles. The zero-order chi connectivity index (χ0) is 24.5. The van der Waals surface area contributed by atoms with Crippen molar-refractivity contribution in [3.63, 3.8) is 0 Å². The first-order valence-corrected chi connectivity index (χ1v) is 11.7. The summed E-state index contributed by atoms with van der Waals surface area (Å²) < 4.78 is 42.3. The molecule has 180 valence electrons. The van der Waals surface area contributed by atoms with E-state index in [0.29, 0.717) is 35.9 Å². The minimum atomic E-state index is -4.71. The van der Waals surface area contributed by atoms with E-state index in [4.69, 9.17) is 0 Å². The number of nitrogens with zero attached hydrogens (tertiary/aromatic N) is 4. The lowest BCUT2D eigenvalue weighted by Crippen LogP contribution is -2.38. The maximum absolute atomic E-state index is 12.8. The number of rotatable bonds is 6. The van der Waals surface area contributed by atoms with Crippen LogP contribution in [0.5, 0.6) is 5.75 Å². The van der Waals surface area contributed by atoms with Gasteiger partial charge in [-0.15, -0.1) is 24.5 Å². The number of ether oxygens (including phenoxy) is 1. The number of aromatic nitrogens is 2. The molecule has 34 heavy (non-hydrogen) atoms. The smallest absolute Gasteiger partial charge is 0.406 e. The number of pyridine rings is 1. The van der Waals surface area contributed by atoms with Crippen LogP contribution in [0.1, 0.15) is 29.8 Å². The first-order chi connectivity index (χ1) is 16.2. The number of halogens is 3. The van der Waals surface area contributed by atoms with Gasteiger partial charge in [0.15, 0.2) is 0 Å². The lowest BCUT2D eigenvalue weighted by molar-refractivity contribution is -0.274. The summed E-state index contributed by atoms with van der Waals surface area (Å²) in [6.45, 7) is 3.98. The molecule has 1 aliphatic rings. The Morgan fingerprint density at radius 3 is 2.74 bits per heavy atom. The largest absolute Gasteiger partial charge is 0.573 e. The molecule has 7 nitrogen and oxygen atoms in total. The van der Waals surface area contributed by atoms with Gasteiger partial charge in [0.05, 0.1) is 10.7 Å². The summed E-state index contributed by atoms with van der Waals surface area (Å²) in [6.07, 6.45) is -1.93. The molecule has 0 unspecified atom stereocenters. The second kappa shape index (κ2) is 9.54. The lowest BCUT2D eigenvalue weighted by Gasteiger charge is -2.35. The van der Waals surface area contributed by atoms with Crippen LogP contribution >= 0.6 is 11.3 Å². The second-order valence-electron chi connectivity index (χ2n) is 8.33. The van der Waals surface area contributed by atoms with Gasteiger partial charge in [-0.05, 0) is 56.4 Å². The van der Waals surface area contributed by atoms with Crippen LogP contribution in [0.15, 0.2) is 29.1 Å². The van der Waals surface area contributed by atoms with Crippen LogP contribution in [0.2, 0.25) is 0 Å². The lowest BCUT2D eigenvalue weighted by atomic mass is 9.94. The number of hydrogen-bond donors (Lipinski definition) is 1. The normalized spacial score (nSPS) is 16.5. The van der Waals surface area contributed by atoms with Crippen molar-refractivity contribution in [2.45, 2.75) is 32.5 Å². The van der Waals surface area contributed by atoms with Gasteiger partial charge in [0.25, 0.3) is 5.56 Å². The molecule has 11 heteroatoms. The number of aryl methyl sites for hydroxylation is 2. The summed E-state index contributed by atoms with van der Waals surface area (Å²) in [5, 5.41) is 13.8. The van der Waals surface area contributed by atoms with Crippen LogP contribution in [-0.4, -0.2) is 35.5 Å². The molecule has 1 atom stereocenters. The van der Waals surface area contributed by atoms with Crippen molar-refractivity contribution < 1.29 is 17.9 Å². The molecule has 2 aromatic heterocycles. The van der Waals surface area contributed by atoms with Crippen molar-refractivity contribution in [3.05, 3.63) is 45.2 Å². The Bertz CT molecular complexity index is 1280. The number of hydrogen-bond acceptors (Lipinski definition) is 7. The van der Waals surface area contributed by atoms with E-state index in [9.17, 15) is 23.2 Å². The first-order valence-electron chi connectivity index (χ1n) is 10.9. The SMILES string of the molecule is Cc1nc2c(N3CCC[C@H](CCNc4ccc(OC(F)(F)F)cc4)C3)c(C#N)c(=O)n(C)c2s1. The van der Waals surface area contributed by atoms with E-state index in [1.54, 1.807) is 19.2 Å². The van der Waals surface area contributed by atoms with Crippen LogP contribution in [0.4, 0.5) is 24.5 Å². The van der Waals surface area contributed by atoms with Gasteiger partial charge in [-0.2, -0.15) is 5.26 Å². The Morgan fingerprint density at radius 1 is 1.32 bits per heavy atom. The van der Waals surface area contributed by atoms with Gasteiger partial charge >= 0.3 is 6.36 Å². The highest BCUT2D eigenvalue weighted by atomic mass is 32.1. The van der Waals surface area contributed by atoms with Gasteiger partial charge in [-0.25, -0.2) is 4.98 Å². The molecule has 3 aromatic rings. The molecule has 0 radical (unpaired) electrons. The molecule has 1 N–H and O–H groups in total. The Balaban J connectivity index is 1.44. The van der Waals surface area contributed by atoms with Crippen molar-refractivity contribution in [1.82, 2.24) is 9.55 Å². The number of thiazole rings is 1. The summed E-state index contributed by atoms with van der Waals surface area (Å²) >= 11 is 1.44. The number of benzene rings is 1. The predicted octanol–water partition coefficient (Wildman–Crippen LogP) is 4.79. The predicted molar refractivity (Wildman–Crippen MR) is 125 cm³/mol. The quantitative estimate of drug-likeness (QED) is 0.534. The molecular formula is C23H24F3N5O2S. The minimum Gasteiger partial charge on any atom is -0.406 e. The summed E-state index contributed by atoms with van der Waals surface area (Å²) in [4.78, 5) is 20.3. The number of nitriles is 1. The summed E-state index contributed by atoms with van der Waals surface area (Å²) in [7, 11) is 1.67. The first kappa shape index (κ1) is 23.9. The third kappa shape index (κ3) is 5.12. The second-order valence-corrected chi connectivity index (χ2v) is 9.51. The highest BCUT2D eigenvalue weighted by Crippen LogP contribution is 2.34. The Kier molecular flexibility index (Phi) is 6.70. The minimum absolute atomic E-state index is 0.125. The van der Waals surface area contributed by atoms with Crippen LogP contribution < -0.4 is 20.5 Å². The zero-order valence-electron chi connectivity index (χ0n) is 18.8. The van der Waals surface area contributed by atoms with Crippen molar-refractivity contribution in [1.29, 1.82) is 5.26 Å². The maximum Gasteiger partial charge on any atom is 0.573 e. The summed E-state index contributed by atoms with van der Waals surface area (Å²) in [5.41, 5.74) is 1.85. The molecule has 1 aliphatic heterocycles. The van der Waals surface area contributed by atoms with E-state index in [1.165, 1.54) is 28.0 Å². The van der Waals surface area contributed by atoms with Crippen LogP contribution in [-0.2, 0) is 7.05 Å². The molecule has 1 saturated heterocycles. The van der Waals surface area contributed by atoms with Crippen molar-refractivity contribution >= 4 is 33.1 Å². The molecule has 0 amide bonds. The van der Waals surface area contributed by atoms with Gasteiger partial charge in [0.1, 0.15) is 27.7 Å². The molecule has 4 rings (SSSR count). The van der Waals surface area contributed by atoms with E-state index in [1.807, 2.05) is 6.92 Å². The standard InChI is InChI=1S/C23H24F3N5O2S/c1-14-29-19-20(18(12-27)21(32)30(2)22(19)34-14)31-11-3-4-15(13-31)9-10-28-16-5-7-17(8-6-16)33-23(24,25)26/h5-8,15,28H,3-4,9-11,13H2,1-2H3/t15-/m1/s1. The van der Waals surface area contributed by atoms with Gasteiger partial charge in [0.2, 0.25) is 0 Å². The zero-order valence-corrected chi connectivity index (χ0v) is 19.6. The fraction of sp³-hybridized carbons (Fsp3) is 0.435. The molecule has 0 aliphatic carbocycles. The maximum atomic E-state index is 12.8. The van der Waals surface area contributed by atoms with E-state index >= 15 is 0 Å². The fourth-order valence-electron chi connectivity index (χ4n) is 4.39.